The van der Waals surface area contributed by atoms with Gasteiger partial charge in [0.05, 0.1) is 19.1 Å². The molecule has 3 nitrogen and oxygen atoms in total. The van der Waals surface area contributed by atoms with Crippen LogP contribution < -0.4 is 4.90 Å². The first kappa shape index (κ1) is 14.5. The number of nitrogens with zero attached hydrogens (tertiary/aromatic N) is 2. The van der Waals surface area contributed by atoms with Gasteiger partial charge in [0.25, 0.3) is 0 Å². The summed E-state index contributed by atoms with van der Waals surface area (Å²) in [4.78, 5) is 2.23. The number of aryl methyl sites for hydroxylation is 1. The number of rotatable bonds is 6. The molecule has 1 atom stereocenters. The van der Waals surface area contributed by atoms with Crippen LogP contribution in [0.15, 0.2) is 24.3 Å². The largest absolute Gasteiger partial charge is 0.358 e. The highest BCUT2D eigenvalue weighted by molar-refractivity contribution is 5.49. The van der Waals surface area contributed by atoms with Crippen molar-refractivity contribution in [2.24, 2.45) is 0 Å². The van der Waals surface area contributed by atoms with Gasteiger partial charge in [0, 0.05) is 11.7 Å². The number of nitriles is 1. The van der Waals surface area contributed by atoms with Crippen molar-refractivity contribution in [2.75, 3.05) is 11.5 Å². The summed E-state index contributed by atoms with van der Waals surface area (Å²) in [6.07, 6.45) is 0.407. The molecule has 0 saturated carbocycles. The molecule has 0 fully saturated rings. The molecule has 0 aromatic heterocycles. The molecule has 0 saturated heterocycles. The van der Waals surface area contributed by atoms with E-state index in [1.54, 1.807) is 0 Å². The molecule has 0 radical (unpaired) electrons. The molecular weight excluding hydrogens is 224 g/mol. The van der Waals surface area contributed by atoms with Gasteiger partial charge in [-0.1, -0.05) is 12.1 Å². The molecule has 3 heteroatoms. The lowest BCUT2D eigenvalue weighted by molar-refractivity contribution is 0.0633. The second kappa shape index (κ2) is 7.03. The van der Waals surface area contributed by atoms with Gasteiger partial charge in [-0.2, -0.15) is 5.26 Å². The number of hydrogen-bond acceptors (Lipinski definition) is 3. The zero-order chi connectivity index (χ0) is 13.5. The molecule has 1 rings (SSSR count). The minimum absolute atomic E-state index is 0.0276. The summed E-state index contributed by atoms with van der Waals surface area (Å²) in [5.41, 5.74) is 2.40. The maximum atomic E-state index is 8.54. The van der Waals surface area contributed by atoms with Crippen molar-refractivity contribution in [2.45, 2.75) is 46.4 Å². The minimum atomic E-state index is -0.0276. The van der Waals surface area contributed by atoms with Crippen LogP contribution in [0.2, 0.25) is 0 Å². The summed E-state index contributed by atoms with van der Waals surface area (Å²) in [5.74, 6) is 0. The fraction of sp³-hybridized carbons (Fsp3) is 0.533. The summed E-state index contributed by atoms with van der Waals surface area (Å²) in [5, 5.41) is 8.54. The van der Waals surface area contributed by atoms with E-state index in [9.17, 15) is 0 Å². The Bertz CT molecular complexity index is 409. The van der Waals surface area contributed by atoms with E-state index in [4.69, 9.17) is 10.00 Å². The average Bonchev–Trinajstić information content (AvgIpc) is 2.29. The highest BCUT2D eigenvalue weighted by atomic mass is 16.5. The zero-order valence-electron chi connectivity index (χ0n) is 11.7. The third kappa shape index (κ3) is 4.05. The normalized spacial score (nSPS) is 12.2. The molecule has 0 aliphatic heterocycles. The Morgan fingerprint density at radius 1 is 1.33 bits per heavy atom. The number of benzene rings is 1. The van der Waals surface area contributed by atoms with Gasteiger partial charge in [0.1, 0.15) is 6.23 Å². The van der Waals surface area contributed by atoms with Crippen molar-refractivity contribution < 1.29 is 4.74 Å². The van der Waals surface area contributed by atoms with E-state index in [1.807, 2.05) is 6.92 Å². The summed E-state index contributed by atoms with van der Waals surface area (Å²) in [7, 11) is 0. The van der Waals surface area contributed by atoms with Gasteiger partial charge in [0.2, 0.25) is 0 Å². The topological polar surface area (TPSA) is 36.3 Å². The Kier molecular flexibility index (Phi) is 5.67. The first-order chi connectivity index (χ1) is 8.56. The van der Waals surface area contributed by atoms with Crippen LogP contribution in [-0.4, -0.2) is 18.9 Å². The number of ether oxygens (including phenoxy) is 1. The SMILES string of the molecule is Cc1cccc(N(C(C)C)C(C)OCCC#N)c1. The van der Waals surface area contributed by atoms with Crippen molar-refractivity contribution in [3.05, 3.63) is 29.8 Å². The van der Waals surface area contributed by atoms with Gasteiger partial charge in [-0.3, -0.25) is 0 Å². The lowest BCUT2D eigenvalue weighted by Crippen LogP contribution is -2.40. The molecule has 1 aromatic rings. The lowest BCUT2D eigenvalue weighted by atomic mass is 10.2. The minimum Gasteiger partial charge on any atom is -0.358 e. The molecule has 1 unspecified atom stereocenters. The Hall–Kier alpha value is -1.53. The predicted octanol–water partition coefficient (Wildman–Crippen LogP) is 3.49. The monoisotopic (exact) mass is 246 g/mol. The molecule has 0 aliphatic rings. The molecule has 0 N–H and O–H groups in total. The fourth-order valence-corrected chi connectivity index (χ4v) is 2.07. The van der Waals surface area contributed by atoms with Gasteiger partial charge in [-0.15, -0.1) is 0 Å². The molecule has 0 aliphatic carbocycles. The smallest absolute Gasteiger partial charge is 0.127 e. The summed E-state index contributed by atoms with van der Waals surface area (Å²) in [6.45, 7) is 8.88. The van der Waals surface area contributed by atoms with Gasteiger partial charge in [-0.25, -0.2) is 0 Å². The van der Waals surface area contributed by atoms with E-state index in [1.165, 1.54) is 5.56 Å². The third-order valence-corrected chi connectivity index (χ3v) is 2.82. The van der Waals surface area contributed by atoms with Gasteiger partial charge in [0.15, 0.2) is 0 Å². The highest BCUT2D eigenvalue weighted by Gasteiger charge is 2.18. The lowest BCUT2D eigenvalue weighted by Gasteiger charge is -2.34. The van der Waals surface area contributed by atoms with Crippen LogP contribution >= 0.6 is 0 Å². The van der Waals surface area contributed by atoms with Crippen LogP contribution in [0, 0.1) is 18.3 Å². The van der Waals surface area contributed by atoms with E-state index in [0.717, 1.165) is 5.69 Å². The second-order valence-electron chi connectivity index (χ2n) is 4.72. The fourth-order valence-electron chi connectivity index (χ4n) is 2.07. The first-order valence-corrected chi connectivity index (χ1v) is 6.39. The van der Waals surface area contributed by atoms with E-state index < -0.39 is 0 Å². The first-order valence-electron chi connectivity index (χ1n) is 6.39. The Balaban J connectivity index is 2.79. The summed E-state index contributed by atoms with van der Waals surface area (Å²) >= 11 is 0. The highest BCUT2D eigenvalue weighted by Crippen LogP contribution is 2.21. The van der Waals surface area contributed by atoms with Gasteiger partial charge in [-0.05, 0) is 45.4 Å². The maximum Gasteiger partial charge on any atom is 0.127 e. The molecule has 0 spiro atoms. The Labute approximate surface area is 110 Å². The molecule has 0 amide bonds. The Morgan fingerprint density at radius 3 is 2.61 bits per heavy atom. The molecule has 0 bridgehead atoms. The quantitative estimate of drug-likeness (QED) is 0.569. The third-order valence-electron chi connectivity index (χ3n) is 2.82. The van der Waals surface area contributed by atoms with Crippen molar-refractivity contribution in [1.29, 1.82) is 5.26 Å². The standard InChI is InChI=1S/C15H22N2O/c1-12(2)17(14(4)18-10-6-9-16)15-8-5-7-13(3)11-15/h5,7-8,11-12,14H,6,10H2,1-4H3. The Morgan fingerprint density at radius 2 is 2.06 bits per heavy atom. The zero-order valence-corrected chi connectivity index (χ0v) is 11.7. The molecular formula is C15H22N2O. The second-order valence-corrected chi connectivity index (χ2v) is 4.72. The van der Waals surface area contributed by atoms with Crippen LogP contribution in [0.1, 0.15) is 32.8 Å². The van der Waals surface area contributed by atoms with E-state index in [2.05, 4.69) is 56.0 Å². The molecule has 98 valence electrons. The van der Waals surface area contributed by atoms with Gasteiger partial charge < -0.3 is 9.64 Å². The predicted molar refractivity (Wildman–Crippen MR) is 74.4 cm³/mol. The average molecular weight is 246 g/mol. The maximum absolute atomic E-state index is 8.54. The van der Waals surface area contributed by atoms with Crippen LogP contribution in [0.25, 0.3) is 0 Å². The van der Waals surface area contributed by atoms with Crippen LogP contribution in [0.5, 0.6) is 0 Å². The number of anilines is 1. The molecule has 18 heavy (non-hydrogen) atoms. The van der Waals surface area contributed by atoms with Crippen LogP contribution in [-0.2, 0) is 4.74 Å². The van der Waals surface area contributed by atoms with E-state index >= 15 is 0 Å². The summed E-state index contributed by atoms with van der Waals surface area (Å²) in [6, 6.07) is 10.8. The molecule has 0 heterocycles. The van der Waals surface area contributed by atoms with Gasteiger partial charge >= 0.3 is 0 Å². The number of hydrogen-bond donors (Lipinski definition) is 0. The van der Waals surface area contributed by atoms with Crippen molar-refractivity contribution in [3.8, 4) is 6.07 Å². The molecule has 1 aromatic carbocycles. The van der Waals surface area contributed by atoms with Crippen LogP contribution in [0.4, 0.5) is 5.69 Å². The van der Waals surface area contributed by atoms with Crippen LogP contribution in [0.3, 0.4) is 0 Å². The van der Waals surface area contributed by atoms with Crippen molar-refractivity contribution >= 4 is 5.69 Å². The van der Waals surface area contributed by atoms with E-state index in [0.29, 0.717) is 19.1 Å². The summed E-state index contributed by atoms with van der Waals surface area (Å²) < 4.78 is 5.70. The van der Waals surface area contributed by atoms with Crippen molar-refractivity contribution in [1.82, 2.24) is 0 Å². The van der Waals surface area contributed by atoms with E-state index in [-0.39, 0.29) is 6.23 Å². The van der Waals surface area contributed by atoms with Crippen molar-refractivity contribution in [3.63, 3.8) is 0 Å².